The van der Waals surface area contributed by atoms with Crippen molar-refractivity contribution in [3.8, 4) is 17.3 Å². The van der Waals surface area contributed by atoms with Crippen LogP contribution in [0, 0.1) is 11.3 Å². The average molecular weight is 577 g/mol. The molecule has 2 heterocycles. The molecule has 5 N–H and O–H groups in total. The van der Waals surface area contributed by atoms with Gasteiger partial charge in [-0.05, 0) is 72.0 Å². The third kappa shape index (κ3) is 6.36. The summed E-state index contributed by atoms with van der Waals surface area (Å²) in [4.78, 5) is 15.4. The Morgan fingerprint density at radius 1 is 0.976 bits per heavy atom. The largest absolute Gasteiger partial charge is 0.388 e. The highest BCUT2D eigenvalue weighted by Crippen LogP contribution is 2.31. The lowest BCUT2D eigenvalue weighted by Gasteiger charge is -2.38. The number of amides is 1. The topological polar surface area (TPSA) is 151 Å². The number of nitrogens with zero attached hydrogens (tertiary/aromatic N) is 3. The molecule has 5 atom stereocenters. The lowest BCUT2D eigenvalue weighted by atomic mass is 9.98. The molecule has 224 valence electrons. The smallest absolute Gasteiger partial charge is 0.262 e. The minimum atomic E-state index is -1.71. The van der Waals surface area contributed by atoms with Crippen molar-refractivity contribution in [3.05, 3.63) is 59.8 Å². The van der Waals surface area contributed by atoms with Gasteiger partial charge in [-0.2, -0.15) is 5.26 Å². The Labute approximate surface area is 246 Å². The first-order chi connectivity index (χ1) is 20.1. The number of aromatic nitrogens is 1. The predicted molar refractivity (Wildman–Crippen MR) is 161 cm³/mol. The number of benzene rings is 2. The Balaban J connectivity index is 1.54. The molecule has 3 aromatic rings. The van der Waals surface area contributed by atoms with Crippen molar-refractivity contribution in [1.82, 2.24) is 9.88 Å². The minimum Gasteiger partial charge on any atom is -0.388 e. The summed E-state index contributed by atoms with van der Waals surface area (Å²) >= 11 is 0. The van der Waals surface area contributed by atoms with Crippen LogP contribution in [0.25, 0.3) is 27.6 Å². The fourth-order valence-corrected chi connectivity index (χ4v) is 5.49. The van der Waals surface area contributed by atoms with Gasteiger partial charge in [-0.3, -0.25) is 4.79 Å². The Hall–Kier alpha value is -3.72. The maximum absolute atomic E-state index is 12.9. The number of carbonyl (C=O) groups is 1. The first kappa shape index (κ1) is 31.2. The van der Waals surface area contributed by atoms with E-state index in [0.717, 1.165) is 48.0 Å². The lowest BCUT2D eigenvalue weighted by Crippen LogP contribution is -2.60. The summed E-state index contributed by atoms with van der Waals surface area (Å²) in [6, 6.07) is 18.6. The zero-order valence-electron chi connectivity index (χ0n) is 24.5. The van der Waals surface area contributed by atoms with Gasteiger partial charge < -0.3 is 39.9 Å². The van der Waals surface area contributed by atoms with E-state index in [4.69, 9.17) is 4.74 Å². The van der Waals surface area contributed by atoms with Crippen LogP contribution in [0.5, 0.6) is 0 Å². The van der Waals surface area contributed by atoms with Crippen LogP contribution in [0.1, 0.15) is 39.3 Å². The van der Waals surface area contributed by atoms with Crippen LogP contribution in [0.15, 0.2) is 54.1 Å². The van der Waals surface area contributed by atoms with Gasteiger partial charge in [-0.15, -0.1) is 0 Å². The van der Waals surface area contributed by atoms with Gasteiger partial charge >= 0.3 is 0 Å². The van der Waals surface area contributed by atoms with Crippen molar-refractivity contribution in [2.24, 2.45) is 7.05 Å². The lowest BCUT2D eigenvalue weighted by molar-refractivity contribution is -0.280. The van der Waals surface area contributed by atoms with Crippen molar-refractivity contribution >= 4 is 27.9 Å². The van der Waals surface area contributed by atoms with E-state index in [2.05, 4.69) is 60.5 Å². The van der Waals surface area contributed by atoms with Gasteiger partial charge in [0.05, 0.1) is 0 Å². The molecule has 0 spiro atoms. The summed E-state index contributed by atoms with van der Waals surface area (Å²) in [7, 11) is 1.88. The van der Waals surface area contributed by atoms with Crippen LogP contribution in [0.4, 0.5) is 5.69 Å². The molecular weight excluding hydrogens is 536 g/mol. The van der Waals surface area contributed by atoms with Gasteiger partial charge in [-0.25, -0.2) is 0 Å². The first-order valence-electron chi connectivity index (χ1n) is 14.3. The van der Waals surface area contributed by atoms with E-state index in [0.29, 0.717) is 11.3 Å². The molecule has 1 aromatic heterocycles. The molecule has 0 saturated carbocycles. The number of hydrogen-bond donors (Lipinski definition) is 5. The van der Waals surface area contributed by atoms with Crippen molar-refractivity contribution in [3.63, 3.8) is 0 Å². The molecule has 1 amide bonds. The number of aliphatic hydroxyl groups excluding tert-OH is 4. The minimum absolute atomic E-state index is 0.121. The van der Waals surface area contributed by atoms with E-state index in [1.54, 1.807) is 6.92 Å². The summed E-state index contributed by atoms with van der Waals surface area (Å²) in [5.41, 5.74) is 4.17. The molecule has 1 fully saturated rings. The fraction of sp³-hybridized carbons (Fsp3) is 0.438. The quantitative estimate of drug-likeness (QED) is 0.183. The van der Waals surface area contributed by atoms with E-state index in [-0.39, 0.29) is 12.1 Å². The molecule has 1 aliphatic rings. The Kier molecular flexibility index (Phi) is 10.0. The van der Waals surface area contributed by atoms with E-state index in [9.17, 15) is 30.5 Å². The Morgan fingerprint density at radius 2 is 1.64 bits per heavy atom. The van der Waals surface area contributed by atoms with Crippen molar-refractivity contribution < 1.29 is 30.0 Å². The summed E-state index contributed by atoms with van der Waals surface area (Å²) in [6.07, 6.45) is -5.55. The van der Waals surface area contributed by atoms with E-state index < -0.39 is 36.6 Å². The van der Waals surface area contributed by atoms with Gasteiger partial charge in [0.2, 0.25) is 0 Å². The molecule has 0 radical (unpaired) electrons. The summed E-state index contributed by atoms with van der Waals surface area (Å²) in [5, 5.41) is 54.0. The highest BCUT2D eigenvalue weighted by Gasteiger charge is 2.43. The van der Waals surface area contributed by atoms with Gasteiger partial charge in [0, 0.05) is 43.8 Å². The second-order valence-electron chi connectivity index (χ2n) is 10.8. The van der Waals surface area contributed by atoms with Crippen molar-refractivity contribution in [2.75, 3.05) is 24.5 Å². The number of ether oxygens (including phenoxy) is 1. The van der Waals surface area contributed by atoms with Gasteiger partial charge in [0.15, 0.2) is 6.29 Å². The molecular formula is C32H40N4O6. The van der Waals surface area contributed by atoms with Gasteiger partial charge in [0.25, 0.3) is 5.91 Å². The van der Waals surface area contributed by atoms with Crippen LogP contribution in [0.3, 0.4) is 0 Å². The number of hydrogen-bond acceptors (Lipinski definition) is 8. The van der Waals surface area contributed by atoms with E-state index in [1.807, 2.05) is 29.8 Å². The molecule has 0 bridgehead atoms. The van der Waals surface area contributed by atoms with E-state index in [1.165, 1.54) is 5.69 Å². The molecule has 1 unspecified atom stereocenters. The number of fused-ring (bicyclic) bond motifs is 1. The molecule has 0 aliphatic carbocycles. The number of rotatable bonds is 10. The maximum Gasteiger partial charge on any atom is 0.262 e. The molecule has 1 saturated heterocycles. The number of carbonyl (C=O) groups excluding carboxylic acids is 1. The zero-order chi connectivity index (χ0) is 30.6. The molecule has 2 aromatic carbocycles. The third-order valence-electron chi connectivity index (χ3n) is 7.84. The van der Waals surface area contributed by atoms with Crippen LogP contribution < -0.4 is 10.2 Å². The summed E-state index contributed by atoms with van der Waals surface area (Å²) in [5.74, 6) is -0.689. The Bertz CT molecular complexity index is 1490. The number of nitriles is 1. The van der Waals surface area contributed by atoms with Crippen molar-refractivity contribution in [2.45, 2.75) is 64.3 Å². The fourth-order valence-electron chi connectivity index (χ4n) is 5.49. The van der Waals surface area contributed by atoms with Gasteiger partial charge in [0.1, 0.15) is 36.1 Å². The average Bonchev–Trinajstić information content (AvgIpc) is 3.37. The van der Waals surface area contributed by atoms with Crippen LogP contribution >= 0.6 is 0 Å². The van der Waals surface area contributed by atoms with Crippen molar-refractivity contribution in [1.29, 1.82) is 5.26 Å². The number of allylic oxidation sites excluding steroid dienone is 1. The number of anilines is 1. The molecule has 42 heavy (non-hydrogen) atoms. The van der Waals surface area contributed by atoms with Crippen LogP contribution in [0.2, 0.25) is 0 Å². The molecule has 1 aliphatic heterocycles. The summed E-state index contributed by atoms with van der Waals surface area (Å²) in [6.45, 7) is 7.82. The molecule has 4 rings (SSSR count). The molecule has 10 nitrogen and oxygen atoms in total. The first-order valence-corrected chi connectivity index (χ1v) is 14.3. The zero-order valence-corrected chi connectivity index (χ0v) is 24.5. The number of aliphatic hydroxyl groups is 4. The third-order valence-corrected chi connectivity index (χ3v) is 7.84. The highest BCUT2D eigenvalue weighted by atomic mass is 16.6. The monoisotopic (exact) mass is 576 g/mol. The maximum atomic E-state index is 12.9. The Morgan fingerprint density at radius 3 is 2.31 bits per heavy atom. The van der Waals surface area contributed by atoms with Crippen LogP contribution in [-0.4, -0.2) is 81.2 Å². The normalized spacial score (nSPS) is 22.9. The van der Waals surface area contributed by atoms with Crippen LogP contribution in [-0.2, 0) is 16.6 Å². The second-order valence-corrected chi connectivity index (χ2v) is 10.8. The standard InChI is InChI=1S/C32H40N4O6/c1-5-13-36(14-6-2)23-10-9-20-15-22(8-7-21(20)16-23)26-12-11-25(35(26)4)19(3)24(17-33)31(40)34-18-27-28(37)29(38)30(39)32(41)42-27/h7-12,15-16,27-30,32,37-39,41H,5-6,13-14,18H2,1-4H3,(H,34,40)/b24-19+/t27-,28-,29+,30-,32?/m1/s1. The predicted octanol–water partition coefficient (Wildman–Crippen LogP) is 2.68. The SMILES string of the molecule is CCCN(CCC)c1ccc2cc(-c3ccc(/C(C)=C(\C#N)C(=O)NC[C@H]4OC(O)[C@H](O)[C@@H](O)[C@@H]4O)n3C)ccc2c1. The number of nitrogens with one attached hydrogen (secondary N) is 1. The summed E-state index contributed by atoms with van der Waals surface area (Å²) < 4.78 is 7.04. The highest BCUT2D eigenvalue weighted by molar-refractivity contribution is 6.04. The van der Waals surface area contributed by atoms with Gasteiger partial charge in [-0.1, -0.05) is 32.0 Å². The molecule has 10 heteroatoms. The second kappa shape index (κ2) is 13.5. The van der Waals surface area contributed by atoms with E-state index >= 15 is 0 Å².